The zero-order valence-electron chi connectivity index (χ0n) is 15.3. The number of nitrogens with zero attached hydrogens (tertiary/aromatic N) is 2. The van der Waals surface area contributed by atoms with Crippen LogP contribution in [0.2, 0.25) is 0 Å². The molecule has 0 saturated carbocycles. The zero-order chi connectivity index (χ0) is 19.7. The van der Waals surface area contributed by atoms with Gasteiger partial charge in [0.1, 0.15) is 11.4 Å². The van der Waals surface area contributed by atoms with Crippen LogP contribution in [0.15, 0.2) is 30.5 Å². The van der Waals surface area contributed by atoms with Gasteiger partial charge in [-0.3, -0.25) is 0 Å². The van der Waals surface area contributed by atoms with Crippen molar-refractivity contribution in [1.29, 1.82) is 0 Å². The summed E-state index contributed by atoms with van der Waals surface area (Å²) in [4.78, 5) is 15.5. The number of carbonyl (C=O) groups is 1. The number of rotatable bonds is 3. The van der Waals surface area contributed by atoms with Gasteiger partial charge in [0, 0.05) is 18.8 Å². The molecule has 26 heavy (non-hydrogen) atoms. The second-order valence-corrected chi connectivity index (χ2v) is 7.05. The van der Waals surface area contributed by atoms with Gasteiger partial charge in [0.05, 0.1) is 6.04 Å². The molecule has 142 valence electrons. The summed E-state index contributed by atoms with van der Waals surface area (Å²) in [6.07, 6.45) is -4.06. The first-order valence-electron chi connectivity index (χ1n) is 8.07. The van der Waals surface area contributed by atoms with Crippen LogP contribution in [-0.2, 0) is 18.0 Å². The fraction of sp³-hybridized carbons (Fsp3) is 0.444. The number of aryl methyl sites for hydroxylation is 1. The summed E-state index contributed by atoms with van der Waals surface area (Å²) in [6, 6.07) is 6.50. The maximum absolute atomic E-state index is 12.8. The Balaban J connectivity index is 2.13. The minimum Gasteiger partial charge on any atom is -0.444 e. The number of amides is 1. The summed E-state index contributed by atoms with van der Waals surface area (Å²) in [6.45, 7) is 7.11. The van der Waals surface area contributed by atoms with Crippen molar-refractivity contribution >= 4 is 6.09 Å². The average Bonchev–Trinajstić information content (AvgIpc) is 2.87. The highest BCUT2D eigenvalue weighted by molar-refractivity contribution is 5.68. The van der Waals surface area contributed by atoms with Crippen molar-refractivity contribution in [1.82, 2.24) is 14.9 Å². The molecule has 1 aromatic heterocycles. The Kier molecular flexibility index (Phi) is 5.34. The number of ether oxygens (including phenoxy) is 1. The maximum atomic E-state index is 12.8. The van der Waals surface area contributed by atoms with Crippen molar-refractivity contribution in [2.75, 3.05) is 0 Å². The van der Waals surface area contributed by atoms with Gasteiger partial charge >= 0.3 is 12.3 Å². The highest BCUT2D eigenvalue weighted by Crippen LogP contribution is 2.30. The van der Waals surface area contributed by atoms with E-state index in [1.807, 2.05) is 0 Å². The van der Waals surface area contributed by atoms with Crippen molar-refractivity contribution in [3.63, 3.8) is 0 Å². The highest BCUT2D eigenvalue weighted by atomic mass is 19.4. The monoisotopic (exact) mass is 369 g/mol. The molecule has 0 saturated heterocycles. The van der Waals surface area contributed by atoms with Crippen LogP contribution in [-0.4, -0.2) is 21.2 Å². The Morgan fingerprint density at radius 1 is 1.19 bits per heavy atom. The largest absolute Gasteiger partial charge is 0.444 e. The molecule has 0 unspecified atom stereocenters. The number of alkyl carbamates (subject to hydrolysis) is 1. The Hall–Kier alpha value is -2.51. The SMILES string of the molecule is C[C@@H](NC(=O)OC(C)(C)C)c1ccc(-c2nc(C(F)(F)F)cn2C)cc1. The first kappa shape index (κ1) is 19.8. The van der Waals surface area contributed by atoms with Gasteiger partial charge in [0.2, 0.25) is 0 Å². The van der Waals surface area contributed by atoms with Gasteiger partial charge in [-0.2, -0.15) is 13.2 Å². The summed E-state index contributed by atoms with van der Waals surface area (Å²) < 4.78 is 44.9. The van der Waals surface area contributed by atoms with E-state index >= 15 is 0 Å². The molecule has 0 aliphatic rings. The molecular weight excluding hydrogens is 347 g/mol. The number of imidazole rings is 1. The summed E-state index contributed by atoms with van der Waals surface area (Å²) in [5.41, 5.74) is -0.178. The van der Waals surface area contributed by atoms with Crippen LogP contribution in [0.1, 0.15) is 45.0 Å². The molecular formula is C18H22F3N3O2. The van der Waals surface area contributed by atoms with Crippen molar-refractivity contribution in [2.45, 2.75) is 45.5 Å². The topological polar surface area (TPSA) is 56.1 Å². The molecule has 2 rings (SSSR count). The number of nitrogens with one attached hydrogen (secondary N) is 1. The Morgan fingerprint density at radius 2 is 1.77 bits per heavy atom. The van der Waals surface area contributed by atoms with Crippen LogP contribution in [0.4, 0.5) is 18.0 Å². The van der Waals surface area contributed by atoms with Crippen LogP contribution in [0.3, 0.4) is 0 Å². The molecule has 1 heterocycles. The number of halogens is 3. The number of benzene rings is 1. The third kappa shape index (κ3) is 5.00. The number of hydrogen-bond acceptors (Lipinski definition) is 3. The minimum absolute atomic E-state index is 0.219. The second-order valence-electron chi connectivity index (χ2n) is 7.05. The first-order chi connectivity index (χ1) is 11.9. The first-order valence-corrected chi connectivity index (χ1v) is 8.07. The lowest BCUT2D eigenvalue weighted by molar-refractivity contribution is -0.140. The lowest BCUT2D eigenvalue weighted by Crippen LogP contribution is -2.34. The van der Waals surface area contributed by atoms with E-state index in [2.05, 4.69) is 10.3 Å². The lowest BCUT2D eigenvalue weighted by Gasteiger charge is -2.22. The molecule has 0 fully saturated rings. The molecule has 1 N–H and O–H groups in total. The number of hydrogen-bond donors (Lipinski definition) is 1. The van der Waals surface area contributed by atoms with Crippen LogP contribution < -0.4 is 5.32 Å². The number of aromatic nitrogens is 2. The molecule has 0 aliphatic heterocycles. The van der Waals surface area contributed by atoms with Gasteiger partial charge in [-0.1, -0.05) is 24.3 Å². The van der Waals surface area contributed by atoms with Gasteiger partial charge in [-0.15, -0.1) is 0 Å². The quantitative estimate of drug-likeness (QED) is 0.854. The van der Waals surface area contributed by atoms with E-state index in [-0.39, 0.29) is 11.9 Å². The average molecular weight is 369 g/mol. The Bertz CT molecular complexity index is 774. The predicted octanol–water partition coefficient (Wildman–Crippen LogP) is 4.69. The van der Waals surface area contributed by atoms with Gasteiger partial charge in [-0.05, 0) is 33.3 Å². The van der Waals surface area contributed by atoms with Crippen LogP contribution in [0.25, 0.3) is 11.4 Å². The van der Waals surface area contributed by atoms with E-state index in [0.717, 1.165) is 11.8 Å². The summed E-state index contributed by atoms with van der Waals surface area (Å²) >= 11 is 0. The van der Waals surface area contributed by atoms with E-state index in [4.69, 9.17) is 4.74 Å². The van der Waals surface area contributed by atoms with Crippen molar-refractivity contribution in [3.8, 4) is 11.4 Å². The predicted molar refractivity (Wildman–Crippen MR) is 91.4 cm³/mol. The summed E-state index contributed by atoms with van der Waals surface area (Å²) in [5.74, 6) is 0.219. The fourth-order valence-electron chi connectivity index (χ4n) is 2.36. The van der Waals surface area contributed by atoms with Crippen LogP contribution in [0, 0.1) is 0 Å². The molecule has 5 nitrogen and oxygen atoms in total. The highest BCUT2D eigenvalue weighted by Gasteiger charge is 2.34. The molecule has 1 atom stereocenters. The molecule has 0 aliphatic carbocycles. The maximum Gasteiger partial charge on any atom is 0.434 e. The van der Waals surface area contributed by atoms with E-state index < -0.39 is 23.6 Å². The standard InChI is InChI=1S/C18H22F3N3O2/c1-11(22-16(25)26-17(2,3)4)12-6-8-13(9-7-12)15-23-14(10-24(15)5)18(19,20)21/h6-11H,1-5H3,(H,22,25)/t11-/m1/s1. The Labute approximate surface area is 150 Å². The van der Waals surface area contributed by atoms with E-state index in [0.29, 0.717) is 5.56 Å². The van der Waals surface area contributed by atoms with Crippen LogP contribution in [0.5, 0.6) is 0 Å². The molecule has 1 amide bonds. The van der Waals surface area contributed by atoms with Crippen molar-refractivity contribution in [2.24, 2.45) is 7.05 Å². The molecule has 8 heteroatoms. The third-order valence-corrected chi connectivity index (χ3v) is 3.57. The van der Waals surface area contributed by atoms with Crippen LogP contribution >= 0.6 is 0 Å². The molecule has 0 bridgehead atoms. The molecule has 2 aromatic rings. The van der Waals surface area contributed by atoms with Gasteiger partial charge in [0.15, 0.2) is 5.69 Å². The fourth-order valence-corrected chi connectivity index (χ4v) is 2.36. The van der Waals surface area contributed by atoms with E-state index in [1.54, 1.807) is 52.0 Å². The smallest absolute Gasteiger partial charge is 0.434 e. The van der Waals surface area contributed by atoms with Gasteiger partial charge in [-0.25, -0.2) is 9.78 Å². The molecule has 0 spiro atoms. The number of carbonyl (C=O) groups excluding carboxylic acids is 1. The summed E-state index contributed by atoms with van der Waals surface area (Å²) in [5, 5.41) is 2.72. The van der Waals surface area contributed by atoms with Gasteiger partial charge in [0.25, 0.3) is 0 Å². The van der Waals surface area contributed by atoms with E-state index in [9.17, 15) is 18.0 Å². The second kappa shape index (κ2) is 7.01. The number of alkyl halides is 3. The van der Waals surface area contributed by atoms with Crippen molar-refractivity contribution < 1.29 is 22.7 Å². The molecule has 0 radical (unpaired) electrons. The normalized spacial score (nSPS) is 13.4. The van der Waals surface area contributed by atoms with Crippen molar-refractivity contribution in [3.05, 3.63) is 41.7 Å². The van der Waals surface area contributed by atoms with Gasteiger partial charge < -0.3 is 14.6 Å². The zero-order valence-corrected chi connectivity index (χ0v) is 15.3. The minimum atomic E-state index is -4.48. The third-order valence-electron chi connectivity index (χ3n) is 3.57. The summed E-state index contributed by atoms with van der Waals surface area (Å²) in [7, 11) is 1.51. The lowest BCUT2D eigenvalue weighted by atomic mass is 10.1. The molecule has 1 aromatic carbocycles. The van der Waals surface area contributed by atoms with E-state index in [1.165, 1.54) is 11.6 Å². The Morgan fingerprint density at radius 3 is 2.23 bits per heavy atom.